The number of nitriles is 1. The fourth-order valence-electron chi connectivity index (χ4n) is 2.70. The van der Waals surface area contributed by atoms with Crippen LogP contribution in [0.4, 0.5) is 5.82 Å². The maximum atomic E-state index is 9.21. The summed E-state index contributed by atoms with van der Waals surface area (Å²) in [6.45, 7) is 6.54. The molecular formula is C16H23N3. The van der Waals surface area contributed by atoms with Crippen LogP contribution < -0.4 is 5.32 Å². The molecule has 0 aromatic carbocycles. The molecule has 102 valence electrons. The fourth-order valence-corrected chi connectivity index (χ4v) is 2.70. The largest absolute Gasteiger partial charge is 0.366 e. The van der Waals surface area contributed by atoms with Gasteiger partial charge in [0, 0.05) is 11.7 Å². The molecule has 1 heterocycles. The van der Waals surface area contributed by atoms with E-state index in [4.69, 9.17) is 0 Å². The molecule has 1 fully saturated rings. The zero-order chi connectivity index (χ0) is 13.8. The molecule has 1 saturated carbocycles. The molecule has 0 bridgehead atoms. The molecule has 0 amide bonds. The van der Waals surface area contributed by atoms with E-state index in [1.54, 1.807) is 0 Å². The van der Waals surface area contributed by atoms with Crippen LogP contribution in [0.5, 0.6) is 0 Å². The Morgan fingerprint density at radius 1 is 1.32 bits per heavy atom. The van der Waals surface area contributed by atoms with Crippen molar-refractivity contribution in [2.24, 2.45) is 5.92 Å². The maximum Gasteiger partial charge on any atom is 0.144 e. The van der Waals surface area contributed by atoms with Crippen LogP contribution in [-0.4, -0.2) is 11.0 Å². The van der Waals surface area contributed by atoms with Crippen LogP contribution in [0.3, 0.4) is 0 Å². The van der Waals surface area contributed by atoms with Gasteiger partial charge in [-0.05, 0) is 36.8 Å². The SMILES string of the molecule is CC(C)c1ccc(C#N)c(NC2CCCCC2C)n1. The molecular weight excluding hydrogens is 234 g/mol. The average Bonchev–Trinajstić information content (AvgIpc) is 2.41. The lowest BCUT2D eigenvalue weighted by molar-refractivity contribution is 0.349. The van der Waals surface area contributed by atoms with Crippen molar-refractivity contribution >= 4 is 5.82 Å². The van der Waals surface area contributed by atoms with Crippen LogP contribution in [0.2, 0.25) is 0 Å². The van der Waals surface area contributed by atoms with Gasteiger partial charge in [0.25, 0.3) is 0 Å². The molecule has 0 spiro atoms. The quantitative estimate of drug-likeness (QED) is 0.888. The van der Waals surface area contributed by atoms with E-state index in [0.717, 1.165) is 11.5 Å². The third-order valence-corrected chi connectivity index (χ3v) is 4.06. The number of anilines is 1. The lowest BCUT2D eigenvalue weighted by atomic mass is 9.86. The van der Waals surface area contributed by atoms with E-state index in [1.807, 2.05) is 12.1 Å². The third-order valence-electron chi connectivity index (χ3n) is 4.06. The highest BCUT2D eigenvalue weighted by atomic mass is 15.0. The van der Waals surface area contributed by atoms with Gasteiger partial charge in [-0.2, -0.15) is 5.26 Å². The standard InChI is InChI=1S/C16H23N3/c1-11(2)14-9-8-13(10-17)16(18-14)19-15-7-5-4-6-12(15)3/h8-9,11-12,15H,4-7H2,1-3H3,(H,18,19). The number of hydrogen-bond acceptors (Lipinski definition) is 3. The Kier molecular flexibility index (Phi) is 4.42. The fraction of sp³-hybridized carbons (Fsp3) is 0.625. The van der Waals surface area contributed by atoms with Crippen LogP contribution in [0.25, 0.3) is 0 Å². The van der Waals surface area contributed by atoms with Gasteiger partial charge >= 0.3 is 0 Å². The summed E-state index contributed by atoms with van der Waals surface area (Å²) in [6, 6.07) is 6.54. The van der Waals surface area contributed by atoms with Gasteiger partial charge in [0.15, 0.2) is 0 Å². The number of aromatic nitrogens is 1. The molecule has 1 aliphatic rings. The second-order valence-corrected chi connectivity index (χ2v) is 5.91. The molecule has 1 aromatic heterocycles. The second kappa shape index (κ2) is 6.06. The van der Waals surface area contributed by atoms with Gasteiger partial charge in [-0.1, -0.05) is 33.6 Å². The Balaban J connectivity index is 2.22. The highest BCUT2D eigenvalue weighted by molar-refractivity contribution is 5.53. The van der Waals surface area contributed by atoms with E-state index in [0.29, 0.717) is 23.4 Å². The van der Waals surface area contributed by atoms with Gasteiger partial charge in [0.2, 0.25) is 0 Å². The summed E-state index contributed by atoms with van der Waals surface area (Å²) in [5, 5.41) is 12.7. The molecule has 0 radical (unpaired) electrons. The molecule has 2 unspecified atom stereocenters. The third kappa shape index (κ3) is 3.26. The van der Waals surface area contributed by atoms with Crippen molar-refractivity contribution in [3.63, 3.8) is 0 Å². The lowest BCUT2D eigenvalue weighted by Crippen LogP contribution is -2.31. The van der Waals surface area contributed by atoms with E-state index in [-0.39, 0.29) is 0 Å². The first kappa shape index (κ1) is 13.9. The Labute approximate surface area is 116 Å². The zero-order valence-electron chi connectivity index (χ0n) is 12.1. The van der Waals surface area contributed by atoms with Crippen LogP contribution in [-0.2, 0) is 0 Å². The maximum absolute atomic E-state index is 9.21. The first-order valence-corrected chi connectivity index (χ1v) is 7.29. The summed E-state index contributed by atoms with van der Waals surface area (Å²) in [5.41, 5.74) is 1.70. The topological polar surface area (TPSA) is 48.7 Å². The Hall–Kier alpha value is -1.56. The van der Waals surface area contributed by atoms with Crippen molar-refractivity contribution in [1.82, 2.24) is 4.98 Å². The van der Waals surface area contributed by atoms with Crippen LogP contribution >= 0.6 is 0 Å². The lowest BCUT2D eigenvalue weighted by Gasteiger charge is -2.30. The molecule has 2 rings (SSSR count). The highest BCUT2D eigenvalue weighted by Gasteiger charge is 2.22. The summed E-state index contributed by atoms with van der Waals surface area (Å²) in [5.74, 6) is 1.81. The molecule has 0 saturated heterocycles. The smallest absolute Gasteiger partial charge is 0.144 e. The zero-order valence-corrected chi connectivity index (χ0v) is 12.1. The van der Waals surface area contributed by atoms with Crippen molar-refractivity contribution in [2.75, 3.05) is 5.32 Å². The monoisotopic (exact) mass is 257 g/mol. The number of nitrogens with one attached hydrogen (secondary N) is 1. The van der Waals surface area contributed by atoms with Gasteiger partial charge in [0.05, 0.1) is 5.56 Å². The predicted octanol–water partition coefficient (Wildman–Crippen LogP) is 4.07. The Morgan fingerprint density at radius 3 is 2.68 bits per heavy atom. The summed E-state index contributed by atoms with van der Waals surface area (Å²) in [6.07, 6.45) is 5.04. The number of rotatable bonds is 3. The Morgan fingerprint density at radius 2 is 2.05 bits per heavy atom. The first-order valence-electron chi connectivity index (χ1n) is 7.29. The minimum atomic E-state index is 0.386. The molecule has 1 aromatic rings. The number of hydrogen-bond donors (Lipinski definition) is 1. The molecule has 1 N–H and O–H groups in total. The predicted molar refractivity (Wildman–Crippen MR) is 78.1 cm³/mol. The summed E-state index contributed by atoms with van der Waals surface area (Å²) >= 11 is 0. The molecule has 1 aliphatic carbocycles. The van der Waals surface area contributed by atoms with Crippen molar-refractivity contribution in [1.29, 1.82) is 5.26 Å². The minimum Gasteiger partial charge on any atom is -0.366 e. The molecule has 0 aliphatic heterocycles. The summed E-state index contributed by atoms with van der Waals surface area (Å²) in [7, 11) is 0. The van der Waals surface area contributed by atoms with E-state index in [9.17, 15) is 5.26 Å². The van der Waals surface area contributed by atoms with Gasteiger partial charge in [-0.25, -0.2) is 4.98 Å². The normalized spacial score (nSPS) is 23.1. The van der Waals surface area contributed by atoms with E-state index in [2.05, 4.69) is 37.1 Å². The van der Waals surface area contributed by atoms with Crippen LogP contribution in [0.1, 0.15) is 63.6 Å². The van der Waals surface area contributed by atoms with Gasteiger partial charge in [-0.15, -0.1) is 0 Å². The highest BCUT2D eigenvalue weighted by Crippen LogP contribution is 2.28. The minimum absolute atomic E-state index is 0.386. The van der Waals surface area contributed by atoms with Gasteiger partial charge < -0.3 is 5.32 Å². The van der Waals surface area contributed by atoms with Crippen molar-refractivity contribution in [3.05, 3.63) is 23.4 Å². The van der Waals surface area contributed by atoms with Crippen molar-refractivity contribution < 1.29 is 0 Å². The molecule has 19 heavy (non-hydrogen) atoms. The summed E-state index contributed by atoms with van der Waals surface area (Å²) < 4.78 is 0. The van der Waals surface area contributed by atoms with E-state index in [1.165, 1.54) is 25.7 Å². The Bertz CT molecular complexity index is 473. The molecule has 3 nitrogen and oxygen atoms in total. The molecule has 2 atom stereocenters. The van der Waals surface area contributed by atoms with E-state index >= 15 is 0 Å². The van der Waals surface area contributed by atoms with Gasteiger partial charge in [0.1, 0.15) is 11.9 Å². The number of pyridine rings is 1. The van der Waals surface area contributed by atoms with Crippen LogP contribution in [0.15, 0.2) is 12.1 Å². The molecule has 3 heteroatoms. The summed E-state index contributed by atoms with van der Waals surface area (Å²) in [4.78, 5) is 4.64. The second-order valence-electron chi connectivity index (χ2n) is 5.91. The number of nitrogens with zero attached hydrogens (tertiary/aromatic N) is 2. The average molecular weight is 257 g/mol. The van der Waals surface area contributed by atoms with Crippen molar-refractivity contribution in [3.8, 4) is 6.07 Å². The van der Waals surface area contributed by atoms with E-state index < -0.39 is 0 Å². The van der Waals surface area contributed by atoms with Crippen LogP contribution in [0, 0.1) is 17.2 Å². The van der Waals surface area contributed by atoms with Gasteiger partial charge in [-0.3, -0.25) is 0 Å². The first-order chi connectivity index (χ1) is 9.11. The van der Waals surface area contributed by atoms with Crippen molar-refractivity contribution in [2.45, 2.75) is 58.4 Å².